The first kappa shape index (κ1) is 29.7. The molecule has 14 rings (SSSR count). The number of hydrogen-bond donors (Lipinski definition) is 0. The molecule has 4 bridgehead atoms. The van der Waals surface area contributed by atoms with Gasteiger partial charge in [0.2, 0.25) is 0 Å². The Bertz CT molecular complexity index is 2980. The smallest absolute Gasteiger partial charge is 0.0272 e. The van der Waals surface area contributed by atoms with Crippen LogP contribution < -0.4 is 0 Å². The molecule has 4 fully saturated rings. The molecule has 0 unspecified atom stereocenters. The second kappa shape index (κ2) is 10.7. The van der Waals surface area contributed by atoms with Gasteiger partial charge in [-0.2, -0.15) is 0 Å². The Hall–Kier alpha value is -5.72. The van der Waals surface area contributed by atoms with Crippen LogP contribution in [0.25, 0.3) is 87.2 Å². The summed E-state index contributed by atoms with van der Waals surface area (Å²) in [6.45, 7) is 0. The topological polar surface area (TPSA) is 0 Å². The molecule has 54 heavy (non-hydrogen) atoms. The molecule has 0 saturated heterocycles. The molecule has 4 saturated carbocycles. The van der Waals surface area contributed by atoms with Gasteiger partial charge >= 0.3 is 0 Å². The SMILES string of the molecule is c1ccc2c3c(ccc2c1)C1(c2ccc(-c4c5ccccc5c(-c5cc6ccccc6c6ccccc56)c5ccccc45)cc2-3)C2CC3CC(C2)CC1C3. The number of hydrogen-bond acceptors (Lipinski definition) is 0. The zero-order chi connectivity index (χ0) is 35.1. The fourth-order valence-corrected chi connectivity index (χ4v) is 13.1. The van der Waals surface area contributed by atoms with Gasteiger partial charge in [-0.05, 0) is 166 Å². The van der Waals surface area contributed by atoms with E-state index in [-0.39, 0.29) is 5.41 Å². The Labute approximate surface area is 316 Å². The maximum absolute atomic E-state index is 2.62. The highest BCUT2D eigenvalue weighted by Crippen LogP contribution is 2.70. The van der Waals surface area contributed by atoms with Gasteiger partial charge in [0.05, 0.1) is 0 Å². The molecule has 0 nitrogen and oxygen atoms in total. The first-order valence-corrected chi connectivity index (χ1v) is 20.3. The van der Waals surface area contributed by atoms with Crippen LogP contribution in [0.15, 0.2) is 158 Å². The minimum atomic E-state index is 0.145. The molecule has 0 radical (unpaired) electrons. The maximum atomic E-state index is 2.62. The highest BCUT2D eigenvalue weighted by Gasteiger charge is 2.61. The van der Waals surface area contributed by atoms with Crippen LogP contribution in [-0.4, -0.2) is 0 Å². The lowest BCUT2D eigenvalue weighted by atomic mass is 9.43. The number of fused-ring (bicyclic) bond motifs is 10. The lowest BCUT2D eigenvalue weighted by Crippen LogP contribution is -2.55. The van der Waals surface area contributed by atoms with Crippen LogP contribution in [-0.2, 0) is 5.41 Å². The third kappa shape index (κ3) is 3.74. The molecule has 0 N–H and O–H groups in total. The summed E-state index contributed by atoms with van der Waals surface area (Å²) in [5.41, 5.74) is 11.7. The second-order valence-electron chi connectivity index (χ2n) is 17.2. The summed E-state index contributed by atoms with van der Waals surface area (Å²) in [4.78, 5) is 0. The average Bonchev–Trinajstić information content (AvgIpc) is 3.52. The predicted octanol–water partition coefficient (Wildman–Crippen LogP) is 14.5. The quantitative estimate of drug-likeness (QED) is 0.125. The van der Waals surface area contributed by atoms with E-state index in [9.17, 15) is 0 Å². The summed E-state index contributed by atoms with van der Waals surface area (Å²) in [6, 6.07) is 60.6. The van der Waals surface area contributed by atoms with Crippen molar-refractivity contribution in [3.63, 3.8) is 0 Å². The van der Waals surface area contributed by atoms with Gasteiger partial charge < -0.3 is 0 Å². The predicted molar refractivity (Wildman–Crippen MR) is 228 cm³/mol. The van der Waals surface area contributed by atoms with Crippen molar-refractivity contribution in [3.05, 3.63) is 169 Å². The zero-order valence-electron chi connectivity index (χ0n) is 30.4. The van der Waals surface area contributed by atoms with E-state index in [1.54, 1.807) is 11.1 Å². The normalized spacial score (nSPS) is 23.6. The Kier molecular flexibility index (Phi) is 5.89. The number of rotatable bonds is 2. The van der Waals surface area contributed by atoms with E-state index < -0.39 is 0 Å². The molecule has 5 aliphatic rings. The van der Waals surface area contributed by atoms with Crippen molar-refractivity contribution in [1.82, 2.24) is 0 Å². The van der Waals surface area contributed by atoms with E-state index >= 15 is 0 Å². The molecule has 0 heterocycles. The van der Waals surface area contributed by atoms with Gasteiger partial charge in [-0.1, -0.05) is 146 Å². The molecule has 9 aromatic carbocycles. The Morgan fingerprint density at radius 2 is 0.852 bits per heavy atom. The van der Waals surface area contributed by atoms with Crippen LogP contribution in [0, 0.1) is 23.7 Å². The highest BCUT2D eigenvalue weighted by atomic mass is 14.6. The van der Waals surface area contributed by atoms with E-state index in [0.717, 1.165) is 23.7 Å². The van der Waals surface area contributed by atoms with E-state index in [2.05, 4.69) is 158 Å². The van der Waals surface area contributed by atoms with Gasteiger partial charge in [0.25, 0.3) is 0 Å². The fraction of sp³-hybridized carbons (Fsp3) is 0.185. The standard InChI is InChI=1S/C54H40/c1-4-14-40-34(11-1)21-24-50-53(40)48-31-36(22-23-49(48)54(50)37-26-32-25-33(28-37)29-38(54)27-32)51-43-17-7-9-19-45(43)52(46-20-10-8-18-44(46)51)47-30-35-12-2-3-13-39(35)41-15-5-6-16-42(41)47/h1-24,30-33,37-38H,25-29H2. The van der Waals surface area contributed by atoms with Crippen molar-refractivity contribution in [2.45, 2.75) is 37.5 Å². The molecular formula is C54H40. The van der Waals surface area contributed by atoms with E-state index in [1.165, 1.54) is 119 Å². The average molecular weight is 689 g/mol. The van der Waals surface area contributed by atoms with Crippen molar-refractivity contribution in [2.75, 3.05) is 0 Å². The largest absolute Gasteiger partial charge is 0.0616 e. The maximum Gasteiger partial charge on any atom is 0.0272 e. The van der Waals surface area contributed by atoms with E-state index in [1.807, 2.05) is 0 Å². The summed E-state index contributed by atoms with van der Waals surface area (Å²) in [7, 11) is 0. The molecule has 1 spiro atoms. The third-order valence-corrected chi connectivity index (χ3v) is 14.8. The number of benzene rings is 9. The summed E-state index contributed by atoms with van der Waals surface area (Å²) < 4.78 is 0. The van der Waals surface area contributed by atoms with Gasteiger partial charge in [0.15, 0.2) is 0 Å². The molecule has 5 aliphatic carbocycles. The van der Waals surface area contributed by atoms with Crippen molar-refractivity contribution < 1.29 is 0 Å². The lowest BCUT2D eigenvalue weighted by Gasteiger charge is -2.61. The summed E-state index contributed by atoms with van der Waals surface area (Å²) in [5.74, 6) is 3.36. The molecule has 0 amide bonds. The molecule has 0 heteroatoms. The van der Waals surface area contributed by atoms with E-state index in [4.69, 9.17) is 0 Å². The van der Waals surface area contributed by atoms with Crippen molar-refractivity contribution in [1.29, 1.82) is 0 Å². The molecule has 0 aromatic heterocycles. The molecule has 9 aromatic rings. The van der Waals surface area contributed by atoms with Gasteiger partial charge in [0.1, 0.15) is 0 Å². The van der Waals surface area contributed by atoms with Crippen molar-refractivity contribution in [3.8, 4) is 33.4 Å². The minimum Gasteiger partial charge on any atom is -0.0616 e. The molecular weight excluding hydrogens is 649 g/mol. The molecule has 0 atom stereocenters. The molecule has 0 aliphatic heterocycles. The van der Waals surface area contributed by atoms with Gasteiger partial charge in [-0.15, -0.1) is 0 Å². The van der Waals surface area contributed by atoms with Crippen LogP contribution in [0.2, 0.25) is 0 Å². The van der Waals surface area contributed by atoms with Crippen LogP contribution >= 0.6 is 0 Å². The summed E-state index contributed by atoms with van der Waals surface area (Å²) >= 11 is 0. The summed E-state index contributed by atoms with van der Waals surface area (Å²) in [6.07, 6.45) is 7.09. The Balaban J connectivity index is 1.11. The van der Waals surface area contributed by atoms with Gasteiger partial charge in [0, 0.05) is 5.41 Å². The van der Waals surface area contributed by atoms with Crippen molar-refractivity contribution in [2.24, 2.45) is 23.7 Å². The Morgan fingerprint density at radius 3 is 1.52 bits per heavy atom. The van der Waals surface area contributed by atoms with Crippen LogP contribution in [0.1, 0.15) is 43.2 Å². The lowest BCUT2D eigenvalue weighted by molar-refractivity contribution is -0.0399. The second-order valence-corrected chi connectivity index (χ2v) is 17.2. The molecule has 256 valence electrons. The highest BCUT2D eigenvalue weighted by molar-refractivity contribution is 6.26. The summed E-state index contributed by atoms with van der Waals surface area (Å²) in [5, 5.41) is 13.3. The zero-order valence-corrected chi connectivity index (χ0v) is 30.4. The van der Waals surface area contributed by atoms with Crippen molar-refractivity contribution >= 4 is 53.9 Å². The minimum absolute atomic E-state index is 0.145. The van der Waals surface area contributed by atoms with Gasteiger partial charge in [-0.25, -0.2) is 0 Å². The van der Waals surface area contributed by atoms with E-state index in [0.29, 0.717) is 0 Å². The third-order valence-electron chi connectivity index (χ3n) is 14.8. The van der Waals surface area contributed by atoms with Crippen LogP contribution in [0.5, 0.6) is 0 Å². The monoisotopic (exact) mass is 688 g/mol. The Morgan fingerprint density at radius 1 is 0.333 bits per heavy atom. The first-order chi connectivity index (χ1) is 26.8. The van der Waals surface area contributed by atoms with Gasteiger partial charge in [-0.3, -0.25) is 0 Å². The fourth-order valence-electron chi connectivity index (χ4n) is 13.1. The first-order valence-electron chi connectivity index (χ1n) is 20.3. The van der Waals surface area contributed by atoms with Crippen LogP contribution in [0.4, 0.5) is 0 Å². The van der Waals surface area contributed by atoms with Crippen LogP contribution in [0.3, 0.4) is 0 Å².